The maximum atomic E-state index is 5.87. The molecule has 5 heteroatoms. The molecule has 0 aliphatic heterocycles. The van der Waals surface area contributed by atoms with Gasteiger partial charge in [-0.25, -0.2) is 0 Å². The van der Waals surface area contributed by atoms with Gasteiger partial charge in [-0.1, -0.05) is 5.16 Å². The summed E-state index contributed by atoms with van der Waals surface area (Å²) in [5.41, 5.74) is 6.75. The second-order valence-electron chi connectivity index (χ2n) is 4.31. The molecule has 2 aromatic heterocycles. The minimum absolute atomic E-state index is 0.283. The number of hydrogen-bond acceptors (Lipinski definition) is 4. The lowest BCUT2D eigenvalue weighted by Crippen LogP contribution is -2.14. The first-order valence-electron chi connectivity index (χ1n) is 5.56. The molecule has 0 bridgehead atoms. The summed E-state index contributed by atoms with van der Waals surface area (Å²) in [4.78, 5) is 7.46. The zero-order valence-corrected chi connectivity index (χ0v) is 8.89. The number of nitrogens with zero attached hydrogens (tertiary/aromatic N) is 2. The van der Waals surface area contributed by atoms with Gasteiger partial charge in [-0.15, -0.1) is 0 Å². The highest BCUT2D eigenvalue weighted by Gasteiger charge is 2.27. The summed E-state index contributed by atoms with van der Waals surface area (Å²) >= 11 is 0. The monoisotopic (exact) mass is 218 g/mol. The largest absolute Gasteiger partial charge is 0.359 e. The van der Waals surface area contributed by atoms with Crippen LogP contribution in [-0.4, -0.2) is 21.2 Å². The molecule has 0 aromatic carbocycles. The van der Waals surface area contributed by atoms with Gasteiger partial charge in [0, 0.05) is 18.2 Å². The van der Waals surface area contributed by atoms with E-state index >= 15 is 0 Å². The molecule has 1 aliphatic carbocycles. The van der Waals surface area contributed by atoms with E-state index in [4.69, 9.17) is 10.3 Å². The molecule has 1 fully saturated rings. The fraction of sp³-hybridized carbons (Fsp3) is 0.455. The summed E-state index contributed by atoms with van der Waals surface area (Å²) in [5, 5.41) is 3.97. The lowest BCUT2D eigenvalue weighted by molar-refractivity contribution is 0.353. The number of hydrogen-bond donors (Lipinski definition) is 2. The van der Waals surface area contributed by atoms with Gasteiger partial charge < -0.3 is 15.2 Å². The van der Waals surface area contributed by atoms with Crippen LogP contribution in [0.3, 0.4) is 0 Å². The first kappa shape index (κ1) is 9.59. The van der Waals surface area contributed by atoms with E-state index in [1.807, 2.05) is 18.3 Å². The Labute approximate surface area is 93.0 Å². The highest BCUT2D eigenvalue weighted by molar-refractivity contribution is 5.47. The molecule has 3 N–H and O–H groups in total. The summed E-state index contributed by atoms with van der Waals surface area (Å²) in [5.74, 6) is 1.68. The Kier molecular flexibility index (Phi) is 2.25. The van der Waals surface area contributed by atoms with Gasteiger partial charge in [-0.3, -0.25) is 0 Å². The number of H-pyrrole nitrogens is 1. The van der Waals surface area contributed by atoms with E-state index in [1.165, 1.54) is 0 Å². The molecular weight excluding hydrogens is 204 g/mol. The van der Waals surface area contributed by atoms with Crippen LogP contribution < -0.4 is 5.73 Å². The molecule has 0 amide bonds. The molecule has 2 aromatic rings. The van der Waals surface area contributed by atoms with Crippen LogP contribution >= 0.6 is 0 Å². The molecule has 0 radical (unpaired) electrons. The third-order valence-corrected chi connectivity index (χ3v) is 3.10. The van der Waals surface area contributed by atoms with Crippen molar-refractivity contribution in [3.63, 3.8) is 0 Å². The molecule has 1 saturated carbocycles. The van der Waals surface area contributed by atoms with Crippen molar-refractivity contribution < 1.29 is 4.52 Å². The molecule has 1 aliphatic rings. The van der Waals surface area contributed by atoms with Gasteiger partial charge in [-0.05, 0) is 31.4 Å². The Bertz CT molecular complexity index is 462. The minimum atomic E-state index is 0.283. The Morgan fingerprint density at radius 2 is 2.38 bits per heavy atom. The lowest BCUT2D eigenvalue weighted by Gasteiger charge is -2.01. The Hall–Kier alpha value is -1.62. The van der Waals surface area contributed by atoms with Gasteiger partial charge in [0.25, 0.3) is 0 Å². The second-order valence-corrected chi connectivity index (χ2v) is 4.31. The van der Waals surface area contributed by atoms with Gasteiger partial charge in [0.2, 0.25) is 11.7 Å². The van der Waals surface area contributed by atoms with E-state index < -0.39 is 0 Å². The molecule has 16 heavy (non-hydrogen) atoms. The maximum absolute atomic E-state index is 5.87. The molecule has 2 heterocycles. The van der Waals surface area contributed by atoms with Crippen LogP contribution in [0, 0.1) is 0 Å². The van der Waals surface area contributed by atoms with Crippen LogP contribution in [0.15, 0.2) is 22.9 Å². The van der Waals surface area contributed by atoms with E-state index in [0.29, 0.717) is 11.7 Å². The summed E-state index contributed by atoms with van der Waals surface area (Å²) in [6.07, 6.45) is 4.89. The molecular formula is C11H14N4O. The molecule has 84 valence electrons. The van der Waals surface area contributed by atoms with Crippen LogP contribution in [0.5, 0.6) is 0 Å². The highest BCUT2D eigenvalue weighted by atomic mass is 16.5. The third kappa shape index (κ3) is 1.63. The molecule has 2 atom stereocenters. The van der Waals surface area contributed by atoms with Crippen molar-refractivity contribution in [3.05, 3.63) is 24.2 Å². The van der Waals surface area contributed by atoms with Crippen molar-refractivity contribution in [2.45, 2.75) is 31.2 Å². The zero-order valence-electron chi connectivity index (χ0n) is 8.89. The first-order chi connectivity index (χ1) is 7.83. The van der Waals surface area contributed by atoms with E-state index in [9.17, 15) is 0 Å². The highest BCUT2D eigenvalue weighted by Crippen LogP contribution is 2.33. The van der Waals surface area contributed by atoms with Gasteiger partial charge in [0.1, 0.15) is 0 Å². The van der Waals surface area contributed by atoms with Gasteiger partial charge >= 0.3 is 0 Å². The van der Waals surface area contributed by atoms with E-state index in [-0.39, 0.29) is 6.04 Å². The van der Waals surface area contributed by atoms with Crippen LogP contribution in [0.25, 0.3) is 11.5 Å². The average molecular weight is 218 g/mol. The smallest absolute Gasteiger partial charge is 0.230 e. The third-order valence-electron chi connectivity index (χ3n) is 3.10. The van der Waals surface area contributed by atoms with Gasteiger partial charge in [0.15, 0.2) is 0 Å². The van der Waals surface area contributed by atoms with Gasteiger partial charge in [0.05, 0.1) is 5.69 Å². The zero-order chi connectivity index (χ0) is 11.0. The van der Waals surface area contributed by atoms with Crippen LogP contribution in [0.1, 0.15) is 31.1 Å². The number of rotatable bonds is 2. The fourth-order valence-corrected chi connectivity index (χ4v) is 2.22. The van der Waals surface area contributed by atoms with Crippen molar-refractivity contribution in [2.75, 3.05) is 0 Å². The SMILES string of the molecule is N[C@H]1CC[C@@H](c2nc(-c3ccc[nH]3)no2)C1. The maximum Gasteiger partial charge on any atom is 0.230 e. The van der Waals surface area contributed by atoms with Crippen molar-refractivity contribution in [3.8, 4) is 11.5 Å². The summed E-state index contributed by atoms with van der Waals surface area (Å²) in [6.45, 7) is 0. The molecule has 0 unspecified atom stereocenters. The standard InChI is InChI=1S/C11H14N4O/c12-8-4-3-7(6-8)11-14-10(15-16-11)9-2-1-5-13-9/h1-2,5,7-8,13H,3-4,6,12H2/t7-,8+/m1/s1. The molecule has 3 rings (SSSR count). The fourth-order valence-electron chi connectivity index (χ4n) is 2.22. The van der Waals surface area contributed by atoms with Crippen molar-refractivity contribution >= 4 is 0 Å². The van der Waals surface area contributed by atoms with E-state index in [0.717, 1.165) is 30.8 Å². The normalized spacial score (nSPS) is 25.1. The van der Waals surface area contributed by atoms with Crippen molar-refractivity contribution in [2.24, 2.45) is 5.73 Å². The van der Waals surface area contributed by atoms with Crippen LogP contribution in [0.2, 0.25) is 0 Å². The second kappa shape index (κ2) is 3.75. The molecule has 0 saturated heterocycles. The van der Waals surface area contributed by atoms with Crippen LogP contribution in [0.4, 0.5) is 0 Å². The molecule has 5 nitrogen and oxygen atoms in total. The topological polar surface area (TPSA) is 80.7 Å². The number of aromatic nitrogens is 3. The van der Waals surface area contributed by atoms with E-state index in [1.54, 1.807) is 0 Å². The first-order valence-corrected chi connectivity index (χ1v) is 5.56. The summed E-state index contributed by atoms with van der Waals surface area (Å²) in [6, 6.07) is 4.12. The quantitative estimate of drug-likeness (QED) is 0.803. The predicted octanol–water partition coefficient (Wildman–Crippen LogP) is 1.66. The number of nitrogens with two attached hydrogens (primary N) is 1. The minimum Gasteiger partial charge on any atom is -0.359 e. The van der Waals surface area contributed by atoms with Crippen molar-refractivity contribution in [1.82, 2.24) is 15.1 Å². The Balaban J connectivity index is 1.83. The Morgan fingerprint density at radius 1 is 1.44 bits per heavy atom. The summed E-state index contributed by atoms with van der Waals surface area (Å²) in [7, 11) is 0. The lowest BCUT2D eigenvalue weighted by atomic mass is 10.1. The number of aromatic amines is 1. The predicted molar refractivity (Wildman–Crippen MR) is 58.7 cm³/mol. The van der Waals surface area contributed by atoms with E-state index in [2.05, 4.69) is 15.1 Å². The van der Waals surface area contributed by atoms with Gasteiger partial charge in [-0.2, -0.15) is 4.98 Å². The average Bonchev–Trinajstić information content (AvgIpc) is 2.97. The van der Waals surface area contributed by atoms with Crippen molar-refractivity contribution in [1.29, 1.82) is 0 Å². The molecule has 0 spiro atoms. The Morgan fingerprint density at radius 3 is 3.06 bits per heavy atom. The summed E-state index contributed by atoms with van der Waals surface area (Å²) < 4.78 is 5.28. The number of nitrogens with one attached hydrogen (secondary N) is 1. The van der Waals surface area contributed by atoms with Crippen LogP contribution in [-0.2, 0) is 0 Å².